The first kappa shape index (κ1) is 21.6. The van der Waals surface area contributed by atoms with Gasteiger partial charge in [0.15, 0.2) is 5.76 Å². The lowest BCUT2D eigenvalue weighted by Crippen LogP contribution is -2.39. The zero-order chi connectivity index (χ0) is 24.0. The van der Waals surface area contributed by atoms with E-state index in [4.69, 9.17) is 10.5 Å². The lowest BCUT2D eigenvalue weighted by Gasteiger charge is -2.38. The third kappa shape index (κ3) is 3.36. The lowest BCUT2D eigenvalue weighted by atomic mass is 9.88. The fourth-order valence-electron chi connectivity index (χ4n) is 4.24. The largest absolute Gasteiger partial charge is 0.508 e. The number of hydrogen-bond donors (Lipinski definition) is 2. The van der Waals surface area contributed by atoms with E-state index >= 15 is 0 Å². The maximum atomic E-state index is 14.1. The molecule has 2 heterocycles. The Bertz CT molecular complexity index is 1500. The summed E-state index contributed by atoms with van der Waals surface area (Å²) in [6, 6.07) is 20.3. The predicted molar refractivity (Wildman–Crippen MR) is 124 cm³/mol. The van der Waals surface area contributed by atoms with Gasteiger partial charge in [-0.2, -0.15) is 5.26 Å². The van der Waals surface area contributed by atoms with Crippen molar-refractivity contribution in [2.45, 2.75) is 12.5 Å². The number of phenols is 1. The molecule has 0 amide bonds. The van der Waals surface area contributed by atoms with E-state index in [-0.39, 0.29) is 34.4 Å². The molecule has 1 atom stereocenters. The predicted octanol–water partition coefficient (Wildman–Crippen LogP) is 4.06. The number of fused-ring (bicyclic) bond motifs is 2. The second kappa shape index (κ2) is 7.93. The second-order valence-corrected chi connectivity index (χ2v) is 9.70. The highest BCUT2D eigenvalue weighted by Gasteiger charge is 2.47. The van der Waals surface area contributed by atoms with Gasteiger partial charge in [0.25, 0.3) is 10.0 Å². The van der Waals surface area contributed by atoms with Crippen LogP contribution in [0.1, 0.15) is 22.6 Å². The molecular formula is C25H18FN3O4S. The van der Waals surface area contributed by atoms with Crippen LogP contribution in [0.3, 0.4) is 0 Å². The maximum absolute atomic E-state index is 14.1. The van der Waals surface area contributed by atoms with Crippen LogP contribution in [-0.4, -0.2) is 13.5 Å². The summed E-state index contributed by atoms with van der Waals surface area (Å²) in [5, 5.41) is 19.6. The molecule has 1 unspecified atom stereocenters. The molecule has 170 valence electrons. The Labute approximate surface area is 195 Å². The van der Waals surface area contributed by atoms with Crippen LogP contribution in [0.2, 0.25) is 0 Å². The zero-order valence-electron chi connectivity index (χ0n) is 17.6. The molecular weight excluding hydrogens is 457 g/mol. The first-order valence-electron chi connectivity index (χ1n) is 10.3. The number of aromatic hydroxyl groups is 1. The Morgan fingerprint density at radius 3 is 2.41 bits per heavy atom. The summed E-state index contributed by atoms with van der Waals surface area (Å²) in [6.45, 7) is -0.0558. The number of ether oxygens (including phenoxy) is 1. The van der Waals surface area contributed by atoms with Crippen LogP contribution < -0.4 is 10.0 Å². The number of nitrogens with two attached hydrogens (primary N) is 1. The SMILES string of the molecule is N#CC1=C(N)OC2=C(C1c1ccc(O)cc1)S(=O)(=O)N(Cc1ccc(F)cc1)c1ccccc12. The highest BCUT2D eigenvalue weighted by Crippen LogP contribution is 2.51. The summed E-state index contributed by atoms with van der Waals surface area (Å²) in [7, 11) is -4.23. The summed E-state index contributed by atoms with van der Waals surface area (Å²) < 4.78 is 48.6. The second-order valence-electron chi connectivity index (χ2n) is 7.87. The highest BCUT2D eigenvalue weighted by atomic mass is 32.2. The van der Waals surface area contributed by atoms with Crippen molar-refractivity contribution in [2.24, 2.45) is 5.73 Å². The van der Waals surface area contributed by atoms with Crippen molar-refractivity contribution in [1.29, 1.82) is 5.26 Å². The molecule has 0 bridgehead atoms. The molecule has 0 fully saturated rings. The van der Waals surface area contributed by atoms with Gasteiger partial charge in [0.2, 0.25) is 5.88 Å². The number of benzene rings is 3. The van der Waals surface area contributed by atoms with E-state index in [1.165, 1.54) is 40.7 Å². The molecule has 9 heteroatoms. The number of nitriles is 1. The Morgan fingerprint density at radius 1 is 1.06 bits per heavy atom. The molecule has 0 spiro atoms. The minimum atomic E-state index is -4.23. The minimum absolute atomic E-state index is 0.00439. The van der Waals surface area contributed by atoms with E-state index in [0.717, 1.165) is 0 Å². The van der Waals surface area contributed by atoms with Crippen LogP contribution in [0.5, 0.6) is 5.75 Å². The topological polar surface area (TPSA) is 117 Å². The summed E-state index contributed by atoms with van der Waals surface area (Å²) in [5.41, 5.74) is 7.95. The summed E-state index contributed by atoms with van der Waals surface area (Å²) >= 11 is 0. The normalized spacial score (nSPS) is 18.6. The van der Waals surface area contributed by atoms with Gasteiger partial charge in [-0.15, -0.1) is 0 Å². The van der Waals surface area contributed by atoms with Gasteiger partial charge in [0.1, 0.15) is 28.1 Å². The third-order valence-corrected chi connectivity index (χ3v) is 7.71. The average Bonchev–Trinajstić information content (AvgIpc) is 2.82. The van der Waals surface area contributed by atoms with Gasteiger partial charge in [0, 0.05) is 5.56 Å². The monoisotopic (exact) mass is 475 g/mol. The molecule has 0 radical (unpaired) electrons. The molecule has 0 saturated heterocycles. The number of allylic oxidation sites excluding steroid dienone is 2. The number of halogens is 1. The van der Waals surface area contributed by atoms with Crippen molar-refractivity contribution in [3.63, 3.8) is 0 Å². The van der Waals surface area contributed by atoms with Gasteiger partial charge in [0.05, 0.1) is 18.2 Å². The molecule has 0 aromatic heterocycles. The van der Waals surface area contributed by atoms with Gasteiger partial charge in [-0.1, -0.05) is 36.4 Å². The molecule has 7 nitrogen and oxygen atoms in total. The fraction of sp³-hybridized carbons (Fsp3) is 0.0800. The van der Waals surface area contributed by atoms with Crippen LogP contribution >= 0.6 is 0 Å². The number of nitrogens with zero attached hydrogens (tertiary/aromatic N) is 2. The summed E-state index contributed by atoms with van der Waals surface area (Å²) in [5.74, 6) is -1.60. The van der Waals surface area contributed by atoms with Crippen LogP contribution in [-0.2, 0) is 21.3 Å². The van der Waals surface area contributed by atoms with Crippen LogP contribution in [0, 0.1) is 17.1 Å². The van der Waals surface area contributed by atoms with Gasteiger partial charge in [-0.05, 0) is 47.5 Å². The van der Waals surface area contributed by atoms with Crippen LogP contribution in [0.15, 0.2) is 89.2 Å². The number of rotatable bonds is 3. The summed E-state index contributed by atoms with van der Waals surface area (Å²) in [4.78, 5) is -0.121. The Morgan fingerprint density at radius 2 is 1.74 bits per heavy atom. The molecule has 2 aliphatic rings. The van der Waals surface area contributed by atoms with Crippen LogP contribution in [0.4, 0.5) is 10.1 Å². The standard InChI is InChI=1S/C25H18FN3O4S/c26-17-9-5-15(6-10-17)14-29-21-4-2-1-3-19(21)23-24(34(29,31)32)22(20(13-27)25(28)33-23)16-7-11-18(30)12-8-16/h1-12,22,30H,14,28H2. The number of sulfonamides is 1. The van der Waals surface area contributed by atoms with Crippen molar-refractivity contribution in [2.75, 3.05) is 4.31 Å². The first-order chi connectivity index (χ1) is 16.3. The Kier molecular flexibility index (Phi) is 5.03. The van der Waals surface area contributed by atoms with Crippen molar-refractivity contribution < 1.29 is 22.7 Å². The van der Waals surface area contributed by atoms with Crippen molar-refractivity contribution >= 4 is 21.5 Å². The van der Waals surface area contributed by atoms with Crippen LogP contribution in [0.25, 0.3) is 5.76 Å². The van der Waals surface area contributed by atoms with Gasteiger partial charge in [-0.3, -0.25) is 4.31 Å². The summed E-state index contributed by atoms with van der Waals surface area (Å²) in [6.07, 6.45) is 0. The number of para-hydroxylation sites is 1. The minimum Gasteiger partial charge on any atom is -0.508 e. The van der Waals surface area contributed by atoms with E-state index < -0.39 is 21.8 Å². The van der Waals surface area contributed by atoms with Gasteiger partial charge < -0.3 is 15.6 Å². The maximum Gasteiger partial charge on any atom is 0.265 e. The number of anilines is 1. The van der Waals surface area contributed by atoms with E-state index in [1.54, 1.807) is 36.4 Å². The fourth-order valence-corrected chi connectivity index (χ4v) is 6.15. The van der Waals surface area contributed by atoms with Crippen molar-refractivity contribution in [3.8, 4) is 11.8 Å². The molecule has 3 aromatic carbocycles. The number of phenolic OH excluding ortho intramolecular Hbond substituents is 1. The van der Waals surface area contributed by atoms with E-state index in [9.17, 15) is 23.2 Å². The lowest BCUT2D eigenvalue weighted by molar-refractivity contribution is 0.357. The Hall–Kier alpha value is -4.29. The molecule has 0 aliphatic carbocycles. The Balaban J connectivity index is 1.75. The highest BCUT2D eigenvalue weighted by molar-refractivity contribution is 7.96. The van der Waals surface area contributed by atoms with E-state index in [1.807, 2.05) is 6.07 Å². The molecule has 3 aromatic rings. The first-order valence-corrected chi connectivity index (χ1v) is 11.7. The van der Waals surface area contributed by atoms with Gasteiger partial charge >= 0.3 is 0 Å². The molecule has 3 N–H and O–H groups in total. The smallest absolute Gasteiger partial charge is 0.265 e. The molecule has 2 aliphatic heterocycles. The number of hydrogen-bond acceptors (Lipinski definition) is 6. The quantitative estimate of drug-likeness (QED) is 0.590. The average molecular weight is 476 g/mol. The zero-order valence-corrected chi connectivity index (χ0v) is 18.5. The van der Waals surface area contributed by atoms with Gasteiger partial charge in [-0.25, -0.2) is 12.8 Å². The van der Waals surface area contributed by atoms with Crippen molar-refractivity contribution in [1.82, 2.24) is 0 Å². The molecule has 5 rings (SSSR count). The van der Waals surface area contributed by atoms with E-state index in [2.05, 4.69) is 0 Å². The van der Waals surface area contributed by atoms with Crippen molar-refractivity contribution in [3.05, 3.63) is 112 Å². The molecule has 34 heavy (non-hydrogen) atoms. The third-order valence-electron chi connectivity index (χ3n) is 5.82. The van der Waals surface area contributed by atoms with E-state index in [0.29, 0.717) is 22.4 Å². The molecule has 0 saturated carbocycles.